The van der Waals surface area contributed by atoms with E-state index in [0.717, 1.165) is 37.1 Å². The number of para-hydroxylation sites is 2. The van der Waals surface area contributed by atoms with Gasteiger partial charge < -0.3 is 9.64 Å². The summed E-state index contributed by atoms with van der Waals surface area (Å²) in [5, 5.41) is 0.700. The van der Waals surface area contributed by atoms with Crippen molar-refractivity contribution in [3.8, 4) is 5.75 Å². The molecule has 2 amide bonds. The Morgan fingerprint density at radius 2 is 1.83 bits per heavy atom. The van der Waals surface area contributed by atoms with Crippen molar-refractivity contribution in [2.75, 3.05) is 24.5 Å². The van der Waals surface area contributed by atoms with E-state index in [2.05, 4.69) is 0 Å². The van der Waals surface area contributed by atoms with Gasteiger partial charge in [0.2, 0.25) is 0 Å². The van der Waals surface area contributed by atoms with Crippen LogP contribution in [0.5, 0.6) is 5.75 Å². The number of carbonyl (C=O) groups excluding carboxylic acids is 2. The molecule has 2 aliphatic heterocycles. The Hall–Kier alpha value is -2.93. The first kappa shape index (κ1) is 19.1. The van der Waals surface area contributed by atoms with Crippen molar-refractivity contribution >= 4 is 38.9 Å². The molecule has 7 heteroatoms. The number of thiophene rings is 1. The molecule has 0 bridgehead atoms. The van der Waals surface area contributed by atoms with Crippen LogP contribution in [0.2, 0.25) is 0 Å². The van der Waals surface area contributed by atoms with Crippen LogP contribution in [-0.4, -0.2) is 42.5 Å². The summed E-state index contributed by atoms with van der Waals surface area (Å²) in [5.74, 6) is -0.0768. The molecule has 3 heterocycles. The number of fused-ring (bicyclic) bond motifs is 2. The molecule has 154 valence electrons. The number of likely N-dealkylation sites (tertiary alicyclic amines) is 1. The van der Waals surface area contributed by atoms with Crippen molar-refractivity contribution in [3.05, 3.63) is 59.2 Å². The fourth-order valence-corrected chi connectivity index (χ4v) is 5.12. The average molecular weight is 424 g/mol. The molecule has 3 aromatic rings. The first-order chi connectivity index (χ1) is 14.6. The highest BCUT2D eigenvalue weighted by Gasteiger charge is 2.37. The molecule has 0 N–H and O–H groups in total. The molecule has 1 saturated heterocycles. The maximum atomic E-state index is 13.6. The summed E-state index contributed by atoms with van der Waals surface area (Å²) in [4.78, 5) is 30.5. The second kappa shape index (κ2) is 7.72. The first-order valence-corrected chi connectivity index (χ1v) is 11.0. The van der Waals surface area contributed by atoms with Gasteiger partial charge in [-0.25, -0.2) is 4.39 Å². The number of hydrogen-bond donors (Lipinski definition) is 0. The summed E-state index contributed by atoms with van der Waals surface area (Å²) in [6.07, 6.45) is 2.40. The fourth-order valence-electron chi connectivity index (χ4n) is 4.13. The Morgan fingerprint density at radius 3 is 2.67 bits per heavy atom. The molecule has 1 fully saturated rings. The maximum absolute atomic E-state index is 13.6. The lowest BCUT2D eigenvalue weighted by atomic mass is 10.1. The molecule has 1 atom stereocenters. The molecule has 0 aliphatic carbocycles. The van der Waals surface area contributed by atoms with Gasteiger partial charge in [0, 0.05) is 17.8 Å². The van der Waals surface area contributed by atoms with Gasteiger partial charge in [-0.1, -0.05) is 12.1 Å². The topological polar surface area (TPSA) is 49.9 Å². The second-order valence-corrected chi connectivity index (χ2v) is 8.75. The average Bonchev–Trinajstić information content (AvgIpc) is 3.21. The van der Waals surface area contributed by atoms with Gasteiger partial charge >= 0.3 is 0 Å². The summed E-state index contributed by atoms with van der Waals surface area (Å²) in [6, 6.07) is 13.5. The van der Waals surface area contributed by atoms with Crippen LogP contribution in [0.25, 0.3) is 10.1 Å². The molecular formula is C23H21FN2O3S. The molecule has 2 aromatic carbocycles. The molecule has 30 heavy (non-hydrogen) atoms. The standard InChI is InChI=1S/C23H21FN2O3S/c24-16-8-9-20-15(12-16)13-21(30-20)23(28)26-14-19(22(27)25-10-4-1-5-11-25)29-18-7-3-2-6-17(18)26/h2-3,6-9,12-13,19H,1,4-5,10-11,14H2. The van der Waals surface area contributed by atoms with Crippen molar-refractivity contribution in [1.82, 2.24) is 4.90 Å². The Bertz CT molecular complexity index is 1120. The van der Waals surface area contributed by atoms with Gasteiger partial charge in [0.25, 0.3) is 11.8 Å². The monoisotopic (exact) mass is 424 g/mol. The smallest absolute Gasteiger partial charge is 0.268 e. The van der Waals surface area contributed by atoms with Crippen molar-refractivity contribution in [1.29, 1.82) is 0 Å². The van der Waals surface area contributed by atoms with Gasteiger partial charge in [-0.05, 0) is 61.0 Å². The van der Waals surface area contributed by atoms with Gasteiger partial charge in [0.05, 0.1) is 17.1 Å². The van der Waals surface area contributed by atoms with Crippen LogP contribution < -0.4 is 9.64 Å². The lowest BCUT2D eigenvalue weighted by molar-refractivity contribution is -0.139. The maximum Gasteiger partial charge on any atom is 0.268 e. The van der Waals surface area contributed by atoms with E-state index in [1.807, 2.05) is 23.1 Å². The van der Waals surface area contributed by atoms with E-state index in [4.69, 9.17) is 4.74 Å². The summed E-state index contributed by atoms with van der Waals surface area (Å²) in [5.41, 5.74) is 0.647. The van der Waals surface area contributed by atoms with E-state index >= 15 is 0 Å². The van der Waals surface area contributed by atoms with Gasteiger partial charge in [-0.15, -0.1) is 11.3 Å². The highest BCUT2D eigenvalue weighted by molar-refractivity contribution is 7.20. The normalized spacial score (nSPS) is 18.8. The molecule has 0 saturated carbocycles. The predicted octanol–water partition coefficient (Wildman–Crippen LogP) is 4.46. The van der Waals surface area contributed by atoms with Crippen molar-refractivity contribution in [2.45, 2.75) is 25.4 Å². The third-order valence-electron chi connectivity index (χ3n) is 5.65. The van der Waals surface area contributed by atoms with Gasteiger partial charge in [0.15, 0.2) is 6.10 Å². The number of anilines is 1. The highest BCUT2D eigenvalue weighted by Crippen LogP contribution is 2.36. The van der Waals surface area contributed by atoms with E-state index < -0.39 is 6.10 Å². The summed E-state index contributed by atoms with van der Waals surface area (Å²) < 4.78 is 20.4. The third-order valence-corrected chi connectivity index (χ3v) is 6.76. The quantitative estimate of drug-likeness (QED) is 0.610. The lowest BCUT2D eigenvalue weighted by Gasteiger charge is -2.37. The number of benzene rings is 2. The number of halogens is 1. The van der Waals surface area contributed by atoms with E-state index in [1.165, 1.54) is 23.5 Å². The van der Waals surface area contributed by atoms with Crippen LogP contribution in [0.3, 0.4) is 0 Å². The first-order valence-electron chi connectivity index (χ1n) is 10.2. The second-order valence-electron chi connectivity index (χ2n) is 7.67. The van der Waals surface area contributed by atoms with Crippen molar-refractivity contribution < 1.29 is 18.7 Å². The van der Waals surface area contributed by atoms with Crippen LogP contribution in [0.1, 0.15) is 28.9 Å². The summed E-state index contributed by atoms with van der Waals surface area (Å²) >= 11 is 1.33. The number of hydrogen-bond acceptors (Lipinski definition) is 4. The minimum atomic E-state index is -0.728. The van der Waals surface area contributed by atoms with E-state index in [0.29, 0.717) is 21.7 Å². The Kier molecular flexibility index (Phi) is 4.90. The Balaban J connectivity index is 1.47. The van der Waals surface area contributed by atoms with Gasteiger partial charge in [-0.3, -0.25) is 14.5 Å². The summed E-state index contributed by atoms with van der Waals surface area (Å²) in [6.45, 7) is 1.63. The van der Waals surface area contributed by atoms with Crippen molar-refractivity contribution in [2.24, 2.45) is 0 Å². The molecule has 5 rings (SSSR count). The lowest BCUT2D eigenvalue weighted by Crippen LogP contribution is -2.52. The SMILES string of the molecule is O=C(C1CN(C(=O)c2cc3cc(F)ccc3s2)c2ccccc2O1)N1CCCCC1. The molecule has 1 aromatic heterocycles. The van der Waals surface area contributed by atoms with E-state index in [9.17, 15) is 14.0 Å². The zero-order chi connectivity index (χ0) is 20.7. The highest BCUT2D eigenvalue weighted by atomic mass is 32.1. The Labute approximate surface area is 177 Å². The van der Waals surface area contributed by atoms with Crippen LogP contribution in [0.4, 0.5) is 10.1 Å². The molecule has 0 spiro atoms. The fraction of sp³-hybridized carbons (Fsp3) is 0.304. The molecule has 1 unspecified atom stereocenters. The molecule has 0 radical (unpaired) electrons. The van der Waals surface area contributed by atoms with Crippen LogP contribution >= 0.6 is 11.3 Å². The largest absolute Gasteiger partial charge is 0.476 e. The number of carbonyl (C=O) groups is 2. The van der Waals surface area contributed by atoms with Crippen LogP contribution in [0.15, 0.2) is 48.5 Å². The number of amides is 2. The minimum Gasteiger partial charge on any atom is -0.476 e. The zero-order valence-corrected chi connectivity index (χ0v) is 17.2. The Morgan fingerprint density at radius 1 is 1.03 bits per heavy atom. The molecule has 2 aliphatic rings. The van der Waals surface area contributed by atoms with Crippen LogP contribution in [0, 0.1) is 5.82 Å². The zero-order valence-electron chi connectivity index (χ0n) is 16.3. The summed E-state index contributed by atoms with van der Waals surface area (Å²) in [7, 11) is 0. The number of nitrogens with zero attached hydrogens (tertiary/aromatic N) is 2. The third kappa shape index (κ3) is 3.43. The van der Waals surface area contributed by atoms with Gasteiger partial charge in [-0.2, -0.15) is 0 Å². The minimum absolute atomic E-state index is 0.0691. The molecule has 5 nitrogen and oxygen atoms in total. The number of piperidine rings is 1. The number of rotatable bonds is 2. The van der Waals surface area contributed by atoms with E-state index in [1.54, 1.807) is 23.1 Å². The number of ether oxygens (including phenoxy) is 1. The van der Waals surface area contributed by atoms with Gasteiger partial charge in [0.1, 0.15) is 11.6 Å². The van der Waals surface area contributed by atoms with Crippen molar-refractivity contribution in [3.63, 3.8) is 0 Å². The molecular weight excluding hydrogens is 403 g/mol. The van der Waals surface area contributed by atoms with E-state index in [-0.39, 0.29) is 24.2 Å². The van der Waals surface area contributed by atoms with Crippen LogP contribution in [-0.2, 0) is 4.79 Å². The predicted molar refractivity (Wildman–Crippen MR) is 115 cm³/mol.